The molecule has 0 saturated carbocycles. The molecule has 3 heterocycles. The molecular formula is C12H21NO2. The summed E-state index contributed by atoms with van der Waals surface area (Å²) in [4.78, 5) is 0. The first-order valence-electron chi connectivity index (χ1n) is 6.41. The van der Waals surface area contributed by atoms with Crippen LogP contribution in [0.2, 0.25) is 0 Å². The third-order valence-corrected chi connectivity index (χ3v) is 4.01. The molecule has 0 radical (unpaired) electrons. The van der Waals surface area contributed by atoms with Crippen molar-refractivity contribution in [2.45, 2.75) is 62.8 Å². The van der Waals surface area contributed by atoms with E-state index in [0.29, 0.717) is 24.3 Å². The highest BCUT2D eigenvalue weighted by Crippen LogP contribution is 2.34. The molecule has 2 bridgehead atoms. The van der Waals surface area contributed by atoms with Gasteiger partial charge in [-0.25, -0.2) is 0 Å². The van der Waals surface area contributed by atoms with Gasteiger partial charge in [-0.2, -0.15) is 0 Å². The lowest BCUT2D eigenvalue weighted by molar-refractivity contribution is 0.0952. The maximum Gasteiger partial charge on any atom is 0.0733 e. The van der Waals surface area contributed by atoms with E-state index in [4.69, 9.17) is 9.47 Å². The summed E-state index contributed by atoms with van der Waals surface area (Å²) in [6, 6.07) is 1.30. The van der Waals surface area contributed by atoms with Crippen molar-refractivity contribution in [2.75, 3.05) is 13.2 Å². The Morgan fingerprint density at radius 2 is 2.00 bits per heavy atom. The Balaban J connectivity index is 1.51. The number of hydrogen-bond acceptors (Lipinski definition) is 3. The molecule has 4 atom stereocenters. The van der Waals surface area contributed by atoms with Crippen LogP contribution in [0.4, 0.5) is 0 Å². The Labute approximate surface area is 91.5 Å². The fourth-order valence-electron chi connectivity index (χ4n) is 3.19. The van der Waals surface area contributed by atoms with Gasteiger partial charge in [-0.05, 0) is 38.5 Å². The molecule has 3 rings (SSSR count). The van der Waals surface area contributed by atoms with Crippen LogP contribution in [-0.2, 0) is 9.47 Å². The van der Waals surface area contributed by atoms with Crippen LogP contribution in [0.1, 0.15) is 38.5 Å². The SMILES string of the molecule is C1COCCC(NC2CC3CCC2O3)C1. The van der Waals surface area contributed by atoms with Gasteiger partial charge >= 0.3 is 0 Å². The molecule has 0 aromatic carbocycles. The van der Waals surface area contributed by atoms with Crippen LogP contribution in [0.3, 0.4) is 0 Å². The van der Waals surface area contributed by atoms with Crippen molar-refractivity contribution in [3.05, 3.63) is 0 Å². The van der Waals surface area contributed by atoms with Crippen molar-refractivity contribution in [1.29, 1.82) is 0 Å². The fourth-order valence-corrected chi connectivity index (χ4v) is 3.19. The lowest BCUT2D eigenvalue weighted by Crippen LogP contribution is -2.44. The molecule has 0 aromatic heterocycles. The predicted molar refractivity (Wildman–Crippen MR) is 57.9 cm³/mol. The van der Waals surface area contributed by atoms with E-state index >= 15 is 0 Å². The van der Waals surface area contributed by atoms with Gasteiger partial charge in [-0.1, -0.05) is 0 Å². The minimum Gasteiger partial charge on any atom is -0.381 e. The molecule has 3 nitrogen and oxygen atoms in total. The number of hydrogen-bond donors (Lipinski definition) is 1. The molecule has 3 aliphatic heterocycles. The second-order valence-corrected chi connectivity index (χ2v) is 5.12. The van der Waals surface area contributed by atoms with Gasteiger partial charge in [0.15, 0.2) is 0 Å². The molecule has 3 heteroatoms. The monoisotopic (exact) mass is 211 g/mol. The van der Waals surface area contributed by atoms with E-state index in [1.54, 1.807) is 0 Å². The van der Waals surface area contributed by atoms with E-state index < -0.39 is 0 Å². The van der Waals surface area contributed by atoms with Crippen LogP contribution >= 0.6 is 0 Å². The summed E-state index contributed by atoms with van der Waals surface area (Å²) >= 11 is 0. The molecule has 0 aromatic rings. The summed E-state index contributed by atoms with van der Waals surface area (Å²) in [7, 11) is 0. The number of rotatable bonds is 2. The fraction of sp³-hybridized carbons (Fsp3) is 1.00. The standard InChI is InChI=1S/C12H21NO2/c1-2-9(5-7-14-6-1)13-11-8-10-3-4-12(11)15-10/h9-13H,1-8H2. The first kappa shape index (κ1) is 10.1. The smallest absolute Gasteiger partial charge is 0.0733 e. The van der Waals surface area contributed by atoms with E-state index in [2.05, 4.69) is 5.32 Å². The molecule has 4 unspecified atom stereocenters. The van der Waals surface area contributed by atoms with E-state index in [-0.39, 0.29) is 0 Å². The second kappa shape index (κ2) is 4.40. The highest BCUT2D eigenvalue weighted by atomic mass is 16.5. The Kier molecular flexibility index (Phi) is 2.95. The molecule has 3 saturated heterocycles. The van der Waals surface area contributed by atoms with Gasteiger partial charge in [0.2, 0.25) is 0 Å². The first-order valence-corrected chi connectivity index (χ1v) is 6.41. The summed E-state index contributed by atoms with van der Waals surface area (Å²) in [5, 5.41) is 3.78. The molecule has 15 heavy (non-hydrogen) atoms. The zero-order valence-corrected chi connectivity index (χ0v) is 9.28. The van der Waals surface area contributed by atoms with E-state index in [0.717, 1.165) is 13.2 Å². The zero-order valence-electron chi connectivity index (χ0n) is 9.28. The normalized spacial score (nSPS) is 45.6. The van der Waals surface area contributed by atoms with Crippen LogP contribution in [0.5, 0.6) is 0 Å². The van der Waals surface area contributed by atoms with Gasteiger partial charge in [0.05, 0.1) is 12.2 Å². The third kappa shape index (κ3) is 2.19. The minimum atomic E-state index is 0.513. The second-order valence-electron chi connectivity index (χ2n) is 5.12. The van der Waals surface area contributed by atoms with E-state index in [9.17, 15) is 0 Å². The molecular weight excluding hydrogens is 190 g/mol. The average molecular weight is 211 g/mol. The average Bonchev–Trinajstić information content (AvgIpc) is 2.75. The quantitative estimate of drug-likeness (QED) is 0.750. The van der Waals surface area contributed by atoms with Crippen LogP contribution in [0.25, 0.3) is 0 Å². The summed E-state index contributed by atoms with van der Waals surface area (Å²) < 4.78 is 11.3. The van der Waals surface area contributed by atoms with Crippen LogP contribution < -0.4 is 5.32 Å². The Hall–Kier alpha value is -0.120. The summed E-state index contributed by atoms with van der Waals surface area (Å²) in [5.74, 6) is 0. The Morgan fingerprint density at radius 1 is 1.00 bits per heavy atom. The lowest BCUT2D eigenvalue weighted by Gasteiger charge is -2.25. The van der Waals surface area contributed by atoms with Crippen LogP contribution in [-0.4, -0.2) is 37.5 Å². The van der Waals surface area contributed by atoms with Crippen molar-refractivity contribution in [3.63, 3.8) is 0 Å². The number of ether oxygens (including phenoxy) is 2. The summed E-state index contributed by atoms with van der Waals surface area (Å²) in [6.45, 7) is 1.88. The molecule has 0 spiro atoms. The van der Waals surface area contributed by atoms with Crippen molar-refractivity contribution >= 4 is 0 Å². The molecule has 3 aliphatic rings. The van der Waals surface area contributed by atoms with Gasteiger partial charge in [0.1, 0.15) is 0 Å². The lowest BCUT2D eigenvalue weighted by atomic mass is 9.94. The highest BCUT2D eigenvalue weighted by Gasteiger charge is 2.41. The van der Waals surface area contributed by atoms with Crippen LogP contribution in [0.15, 0.2) is 0 Å². The summed E-state index contributed by atoms with van der Waals surface area (Å²) in [5.41, 5.74) is 0. The topological polar surface area (TPSA) is 30.5 Å². The number of nitrogens with one attached hydrogen (secondary N) is 1. The molecule has 0 aliphatic carbocycles. The molecule has 1 N–H and O–H groups in total. The summed E-state index contributed by atoms with van der Waals surface area (Å²) in [6.07, 6.45) is 8.53. The molecule has 0 amide bonds. The Morgan fingerprint density at radius 3 is 2.80 bits per heavy atom. The van der Waals surface area contributed by atoms with Gasteiger partial charge in [-0.15, -0.1) is 0 Å². The van der Waals surface area contributed by atoms with Crippen molar-refractivity contribution in [1.82, 2.24) is 5.32 Å². The maximum absolute atomic E-state index is 5.86. The highest BCUT2D eigenvalue weighted by molar-refractivity contribution is 4.95. The van der Waals surface area contributed by atoms with Crippen molar-refractivity contribution in [2.24, 2.45) is 0 Å². The third-order valence-electron chi connectivity index (χ3n) is 4.01. The maximum atomic E-state index is 5.86. The van der Waals surface area contributed by atoms with Gasteiger partial charge in [-0.3, -0.25) is 0 Å². The van der Waals surface area contributed by atoms with Crippen molar-refractivity contribution < 1.29 is 9.47 Å². The van der Waals surface area contributed by atoms with E-state index in [1.165, 1.54) is 38.5 Å². The Bertz CT molecular complexity index is 214. The molecule has 3 fully saturated rings. The van der Waals surface area contributed by atoms with Crippen LogP contribution in [0, 0.1) is 0 Å². The van der Waals surface area contributed by atoms with Gasteiger partial charge < -0.3 is 14.8 Å². The zero-order chi connectivity index (χ0) is 10.1. The largest absolute Gasteiger partial charge is 0.381 e. The van der Waals surface area contributed by atoms with Gasteiger partial charge in [0, 0.05) is 25.3 Å². The minimum absolute atomic E-state index is 0.513. The van der Waals surface area contributed by atoms with Crippen molar-refractivity contribution in [3.8, 4) is 0 Å². The first-order chi connectivity index (χ1) is 7.42. The molecule has 86 valence electrons. The number of fused-ring (bicyclic) bond motifs is 2. The predicted octanol–water partition coefficient (Wildman–Crippen LogP) is 1.46. The van der Waals surface area contributed by atoms with E-state index in [1.807, 2.05) is 0 Å². The van der Waals surface area contributed by atoms with Gasteiger partial charge in [0.25, 0.3) is 0 Å².